The van der Waals surface area contributed by atoms with Crippen LogP contribution in [0.15, 0.2) is 72.8 Å². The summed E-state index contributed by atoms with van der Waals surface area (Å²) >= 11 is 0. The van der Waals surface area contributed by atoms with Crippen LogP contribution < -0.4 is 11.1 Å². The molecule has 0 saturated carbocycles. The van der Waals surface area contributed by atoms with Crippen molar-refractivity contribution in [1.82, 2.24) is 0 Å². The van der Waals surface area contributed by atoms with E-state index >= 15 is 0 Å². The van der Waals surface area contributed by atoms with Gasteiger partial charge in [0.2, 0.25) is 11.8 Å². The van der Waals surface area contributed by atoms with Gasteiger partial charge >= 0.3 is 0 Å². The molecule has 3 aromatic carbocycles. The Bertz CT molecular complexity index is 1040. The van der Waals surface area contributed by atoms with Crippen molar-refractivity contribution in [3.8, 4) is 0 Å². The molecule has 0 heterocycles. The van der Waals surface area contributed by atoms with Gasteiger partial charge in [0.1, 0.15) is 0 Å². The highest BCUT2D eigenvalue weighted by Crippen LogP contribution is 2.55. The summed E-state index contributed by atoms with van der Waals surface area (Å²) in [7, 11) is 0. The lowest BCUT2D eigenvalue weighted by atomic mass is 9.59. The van der Waals surface area contributed by atoms with Crippen LogP contribution in [0.5, 0.6) is 0 Å². The fourth-order valence-corrected chi connectivity index (χ4v) is 4.85. The van der Waals surface area contributed by atoms with Crippen LogP contribution in [0.3, 0.4) is 0 Å². The van der Waals surface area contributed by atoms with E-state index in [4.69, 9.17) is 5.73 Å². The van der Waals surface area contributed by atoms with Crippen molar-refractivity contribution in [2.45, 2.75) is 18.3 Å². The maximum absolute atomic E-state index is 13.2. The lowest BCUT2D eigenvalue weighted by molar-refractivity contribution is -0.121. The SMILES string of the molecule is NC(=O)c1ccc(NC(=O)C2CC3c4ccccc4C2c2ccccc23)cc1. The van der Waals surface area contributed by atoms with Crippen LogP contribution in [-0.2, 0) is 4.79 Å². The zero-order valence-corrected chi connectivity index (χ0v) is 15.3. The number of hydrogen-bond donors (Lipinski definition) is 2. The van der Waals surface area contributed by atoms with Gasteiger partial charge in [-0.25, -0.2) is 0 Å². The van der Waals surface area contributed by atoms with Crippen molar-refractivity contribution in [3.05, 3.63) is 101 Å². The van der Waals surface area contributed by atoms with E-state index < -0.39 is 5.91 Å². The first-order chi connectivity index (χ1) is 13.6. The summed E-state index contributed by atoms with van der Waals surface area (Å²) in [6, 6.07) is 23.7. The molecule has 3 aromatic rings. The molecular formula is C24H20N2O2. The quantitative estimate of drug-likeness (QED) is 0.733. The molecule has 28 heavy (non-hydrogen) atoms. The lowest BCUT2D eigenvalue weighted by Crippen LogP contribution is -2.38. The third kappa shape index (κ3) is 2.53. The number of primary amides is 1. The third-order valence-electron chi connectivity index (χ3n) is 6.08. The maximum Gasteiger partial charge on any atom is 0.248 e. The number of hydrogen-bond acceptors (Lipinski definition) is 2. The number of amides is 2. The van der Waals surface area contributed by atoms with Gasteiger partial charge in [-0.15, -0.1) is 0 Å². The second kappa shape index (κ2) is 6.34. The first-order valence-corrected chi connectivity index (χ1v) is 9.52. The van der Waals surface area contributed by atoms with Gasteiger partial charge in [-0.2, -0.15) is 0 Å². The first kappa shape index (κ1) is 16.8. The second-order valence-corrected chi connectivity index (χ2v) is 7.56. The summed E-state index contributed by atoms with van der Waals surface area (Å²) in [5.74, 6) is -0.250. The van der Waals surface area contributed by atoms with Gasteiger partial charge in [-0.3, -0.25) is 9.59 Å². The minimum atomic E-state index is -0.476. The summed E-state index contributed by atoms with van der Waals surface area (Å²) in [6.45, 7) is 0. The number of carbonyl (C=O) groups is 2. The summed E-state index contributed by atoms with van der Waals surface area (Å²) in [5.41, 5.74) is 11.6. The minimum absolute atomic E-state index is 0.0193. The lowest BCUT2D eigenvalue weighted by Gasteiger charge is -2.44. The van der Waals surface area contributed by atoms with Crippen LogP contribution in [0.4, 0.5) is 5.69 Å². The van der Waals surface area contributed by atoms with Gasteiger partial charge in [-0.1, -0.05) is 48.5 Å². The molecule has 6 rings (SSSR count). The Morgan fingerprint density at radius 1 is 0.786 bits per heavy atom. The molecule has 0 aromatic heterocycles. The predicted octanol–water partition coefficient (Wildman–Crippen LogP) is 4.02. The number of carbonyl (C=O) groups excluding carboxylic acids is 2. The standard InChI is InChI=1S/C24H20N2O2/c25-23(27)14-9-11-15(12-10-14)26-24(28)21-13-20-16-5-1-3-7-18(16)22(21)19-8-4-2-6-17(19)20/h1-12,20-22H,13H2,(H2,25,27)(H,26,28). The molecule has 0 spiro atoms. The Kier molecular flexibility index (Phi) is 3.79. The normalized spacial score (nSPS) is 21.5. The zero-order valence-electron chi connectivity index (χ0n) is 15.3. The van der Waals surface area contributed by atoms with E-state index in [1.807, 2.05) is 0 Å². The Labute approximate surface area is 163 Å². The van der Waals surface area contributed by atoms with Gasteiger partial charge in [0.15, 0.2) is 0 Å². The van der Waals surface area contributed by atoms with Crippen LogP contribution in [0.25, 0.3) is 0 Å². The third-order valence-corrected chi connectivity index (χ3v) is 6.08. The summed E-state index contributed by atoms with van der Waals surface area (Å²) in [6.07, 6.45) is 0.809. The number of rotatable bonds is 3. The molecule has 2 bridgehead atoms. The van der Waals surface area contributed by atoms with Gasteiger partial charge in [0.05, 0.1) is 5.92 Å². The molecule has 0 saturated heterocycles. The van der Waals surface area contributed by atoms with E-state index in [-0.39, 0.29) is 23.7 Å². The van der Waals surface area contributed by atoms with Crippen LogP contribution in [0.2, 0.25) is 0 Å². The molecule has 1 atom stereocenters. The number of fused-ring (bicyclic) bond motifs is 1. The van der Waals surface area contributed by atoms with E-state index in [0.29, 0.717) is 11.3 Å². The molecule has 2 amide bonds. The largest absolute Gasteiger partial charge is 0.366 e. The topological polar surface area (TPSA) is 72.2 Å². The van der Waals surface area contributed by atoms with E-state index in [0.717, 1.165) is 6.42 Å². The average molecular weight is 368 g/mol. The Balaban J connectivity index is 1.48. The number of anilines is 1. The fourth-order valence-electron chi connectivity index (χ4n) is 4.85. The maximum atomic E-state index is 13.2. The zero-order chi connectivity index (χ0) is 19.3. The van der Waals surface area contributed by atoms with Crippen molar-refractivity contribution in [3.63, 3.8) is 0 Å². The molecule has 3 N–H and O–H groups in total. The number of nitrogens with two attached hydrogens (primary N) is 1. The van der Waals surface area contributed by atoms with Gasteiger partial charge in [0, 0.05) is 23.1 Å². The first-order valence-electron chi connectivity index (χ1n) is 9.52. The molecule has 1 unspecified atom stereocenters. The second-order valence-electron chi connectivity index (χ2n) is 7.56. The minimum Gasteiger partial charge on any atom is -0.366 e. The predicted molar refractivity (Wildman–Crippen MR) is 108 cm³/mol. The molecule has 0 fully saturated rings. The average Bonchev–Trinajstić information content (AvgIpc) is 2.74. The van der Waals surface area contributed by atoms with Gasteiger partial charge in [-0.05, 0) is 52.9 Å². The Morgan fingerprint density at radius 2 is 1.32 bits per heavy atom. The van der Waals surface area contributed by atoms with E-state index in [9.17, 15) is 9.59 Å². The number of nitrogens with one attached hydrogen (secondary N) is 1. The highest BCUT2D eigenvalue weighted by Gasteiger charge is 2.45. The summed E-state index contributed by atoms with van der Waals surface area (Å²) in [5, 5.41) is 3.03. The van der Waals surface area contributed by atoms with E-state index in [1.165, 1.54) is 22.3 Å². The molecular weight excluding hydrogens is 348 g/mol. The Hall–Kier alpha value is -3.40. The smallest absolute Gasteiger partial charge is 0.248 e. The Morgan fingerprint density at radius 3 is 1.86 bits per heavy atom. The molecule has 4 nitrogen and oxygen atoms in total. The van der Waals surface area contributed by atoms with Crippen LogP contribution >= 0.6 is 0 Å². The van der Waals surface area contributed by atoms with Gasteiger partial charge in [0.25, 0.3) is 0 Å². The summed E-state index contributed by atoms with van der Waals surface area (Å²) in [4.78, 5) is 24.4. The molecule has 138 valence electrons. The number of benzene rings is 3. The van der Waals surface area contributed by atoms with Crippen molar-refractivity contribution >= 4 is 17.5 Å². The van der Waals surface area contributed by atoms with Crippen LogP contribution in [-0.4, -0.2) is 11.8 Å². The van der Waals surface area contributed by atoms with Crippen LogP contribution in [0, 0.1) is 5.92 Å². The van der Waals surface area contributed by atoms with E-state index in [1.54, 1.807) is 24.3 Å². The van der Waals surface area contributed by atoms with Gasteiger partial charge < -0.3 is 11.1 Å². The van der Waals surface area contributed by atoms with Crippen molar-refractivity contribution < 1.29 is 9.59 Å². The monoisotopic (exact) mass is 368 g/mol. The fraction of sp³-hybridized carbons (Fsp3) is 0.167. The molecule has 0 radical (unpaired) electrons. The molecule has 0 aliphatic heterocycles. The van der Waals surface area contributed by atoms with Crippen molar-refractivity contribution in [2.24, 2.45) is 11.7 Å². The highest BCUT2D eigenvalue weighted by molar-refractivity contribution is 5.96. The van der Waals surface area contributed by atoms with Crippen molar-refractivity contribution in [1.29, 1.82) is 0 Å². The highest BCUT2D eigenvalue weighted by atomic mass is 16.2. The van der Waals surface area contributed by atoms with Crippen molar-refractivity contribution in [2.75, 3.05) is 5.32 Å². The molecule has 3 aliphatic carbocycles. The molecule has 3 aliphatic rings. The summed E-state index contributed by atoms with van der Waals surface area (Å²) < 4.78 is 0. The van der Waals surface area contributed by atoms with Crippen LogP contribution in [0.1, 0.15) is 50.9 Å². The van der Waals surface area contributed by atoms with E-state index in [2.05, 4.69) is 53.8 Å². The molecule has 4 heteroatoms.